The molecule has 2 saturated carbocycles. The van der Waals surface area contributed by atoms with E-state index in [0.717, 1.165) is 17.6 Å². The average molecular weight is 290 g/mol. The summed E-state index contributed by atoms with van der Waals surface area (Å²) in [6.45, 7) is 0.611. The first-order valence-corrected chi connectivity index (χ1v) is 8.10. The van der Waals surface area contributed by atoms with Crippen molar-refractivity contribution in [2.24, 2.45) is 17.8 Å². The quantitative estimate of drug-likeness (QED) is 0.876. The zero-order valence-electron chi connectivity index (χ0n) is 13.0. The number of carbonyl (C=O) groups excluding carboxylic acids is 1. The zero-order valence-corrected chi connectivity index (χ0v) is 13.0. The lowest BCUT2D eigenvalue weighted by Crippen LogP contribution is -2.35. The molecule has 1 amide bonds. The number of hydrogen-bond acceptors (Lipinski definition) is 3. The molecule has 116 valence electrons. The molecule has 1 aromatic heterocycles. The molecule has 2 aliphatic rings. The molecule has 2 bridgehead atoms. The van der Waals surface area contributed by atoms with Crippen LogP contribution in [0, 0.1) is 17.8 Å². The van der Waals surface area contributed by atoms with E-state index >= 15 is 0 Å². The summed E-state index contributed by atoms with van der Waals surface area (Å²) >= 11 is 0. The highest BCUT2D eigenvalue weighted by molar-refractivity contribution is 5.76. The third-order valence-electron chi connectivity index (χ3n) is 5.32. The van der Waals surface area contributed by atoms with Gasteiger partial charge in [0.1, 0.15) is 5.76 Å². The maximum Gasteiger partial charge on any atom is 0.220 e. The van der Waals surface area contributed by atoms with Crippen LogP contribution >= 0.6 is 0 Å². The summed E-state index contributed by atoms with van der Waals surface area (Å²) in [6.07, 6.45) is 7.76. The Morgan fingerprint density at radius 2 is 2.29 bits per heavy atom. The summed E-state index contributed by atoms with van der Waals surface area (Å²) < 4.78 is 5.47. The van der Waals surface area contributed by atoms with Crippen LogP contribution in [0.5, 0.6) is 0 Å². The Kier molecular flexibility index (Phi) is 4.34. The van der Waals surface area contributed by atoms with Crippen LogP contribution in [0.3, 0.4) is 0 Å². The van der Waals surface area contributed by atoms with Gasteiger partial charge in [0, 0.05) is 13.0 Å². The van der Waals surface area contributed by atoms with E-state index in [1.165, 1.54) is 25.7 Å². The van der Waals surface area contributed by atoms with Gasteiger partial charge in [0.15, 0.2) is 0 Å². The second kappa shape index (κ2) is 6.22. The van der Waals surface area contributed by atoms with Gasteiger partial charge in [-0.3, -0.25) is 9.69 Å². The van der Waals surface area contributed by atoms with Crippen LogP contribution in [0.25, 0.3) is 0 Å². The Labute approximate surface area is 126 Å². The molecule has 2 fully saturated rings. The topological polar surface area (TPSA) is 45.5 Å². The van der Waals surface area contributed by atoms with Gasteiger partial charge in [-0.05, 0) is 63.2 Å². The molecule has 21 heavy (non-hydrogen) atoms. The molecule has 0 aliphatic heterocycles. The van der Waals surface area contributed by atoms with Crippen molar-refractivity contribution in [3.05, 3.63) is 24.2 Å². The van der Waals surface area contributed by atoms with E-state index in [1.54, 1.807) is 6.26 Å². The van der Waals surface area contributed by atoms with Crippen molar-refractivity contribution in [1.82, 2.24) is 10.2 Å². The lowest BCUT2D eigenvalue weighted by atomic mass is 9.86. The number of amides is 1. The molecular formula is C17H26N2O2. The summed E-state index contributed by atoms with van der Waals surface area (Å²) in [5, 5.41) is 3.10. The smallest absolute Gasteiger partial charge is 0.220 e. The van der Waals surface area contributed by atoms with Gasteiger partial charge in [-0.1, -0.05) is 6.42 Å². The van der Waals surface area contributed by atoms with Gasteiger partial charge < -0.3 is 9.73 Å². The summed E-state index contributed by atoms with van der Waals surface area (Å²) in [4.78, 5) is 14.3. The van der Waals surface area contributed by atoms with Crippen LogP contribution in [0.15, 0.2) is 22.8 Å². The molecule has 4 nitrogen and oxygen atoms in total. The van der Waals surface area contributed by atoms with Crippen molar-refractivity contribution < 1.29 is 9.21 Å². The van der Waals surface area contributed by atoms with E-state index in [2.05, 4.69) is 10.2 Å². The SMILES string of the molecule is CN(C)[C@H](CNC(=O)C[C@@H]1C[C@H]2CC[C@H]1C2)c1ccco1. The average Bonchev–Trinajstić information content (AvgIpc) is 3.15. The largest absolute Gasteiger partial charge is 0.468 e. The molecule has 0 unspecified atom stereocenters. The van der Waals surface area contributed by atoms with Crippen molar-refractivity contribution in [2.75, 3.05) is 20.6 Å². The Hall–Kier alpha value is -1.29. The second-order valence-electron chi connectivity index (χ2n) is 6.94. The van der Waals surface area contributed by atoms with Crippen molar-refractivity contribution in [1.29, 1.82) is 0 Å². The molecule has 3 rings (SSSR count). The Morgan fingerprint density at radius 3 is 2.86 bits per heavy atom. The number of furan rings is 1. The summed E-state index contributed by atoms with van der Waals surface area (Å²) in [6, 6.07) is 3.96. The Bertz CT molecular complexity index is 469. The fourth-order valence-corrected chi connectivity index (χ4v) is 4.17. The van der Waals surface area contributed by atoms with Gasteiger partial charge in [-0.25, -0.2) is 0 Å². The van der Waals surface area contributed by atoms with Crippen LogP contribution in [0.2, 0.25) is 0 Å². The predicted octanol–water partition coefficient (Wildman–Crippen LogP) is 2.82. The fourth-order valence-electron chi connectivity index (χ4n) is 4.17. The number of nitrogens with zero attached hydrogens (tertiary/aromatic N) is 1. The third kappa shape index (κ3) is 3.31. The predicted molar refractivity (Wildman–Crippen MR) is 81.7 cm³/mol. The highest BCUT2D eigenvalue weighted by Gasteiger charge is 2.40. The number of likely N-dealkylation sites (N-methyl/N-ethyl adjacent to an activating group) is 1. The Balaban J connectivity index is 1.48. The summed E-state index contributed by atoms with van der Waals surface area (Å²) in [5.41, 5.74) is 0. The highest BCUT2D eigenvalue weighted by atomic mass is 16.3. The maximum absolute atomic E-state index is 12.2. The normalized spacial score (nSPS) is 29.0. The van der Waals surface area contributed by atoms with Crippen molar-refractivity contribution in [3.63, 3.8) is 0 Å². The van der Waals surface area contributed by atoms with E-state index in [0.29, 0.717) is 18.9 Å². The van der Waals surface area contributed by atoms with Crippen LogP contribution in [-0.2, 0) is 4.79 Å². The van der Waals surface area contributed by atoms with Gasteiger partial charge in [0.2, 0.25) is 5.91 Å². The summed E-state index contributed by atoms with van der Waals surface area (Å²) in [5.74, 6) is 3.46. The molecule has 0 spiro atoms. The van der Waals surface area contributed by atoms with Crippen molar-refractivity contribution in [2.45, 2.75) is 38.1 Å². The number of fused-ring (bicyclic) bond motifs is 2. The molecule has 2 aliphatic carbocycles. The fraction of sp³-hybridized carbons (Fsp3) is 0.706. The third-order valence-corrected chi connectivity index (χ3v) is 5.32. The second-order valence-corrected chi connectivity index (χ2v) is 6.94. The van der Waals surface area contributed by atoms with Crippen LogP contribution < -0.4 is 5.32 Å². The first-order chi connectivity index (χ1) is 10.1. The molecule has 0 saturated heterocycles. The van der Waals surface area contributed by atoms with E-state index in [-0.39, 0.29) is 11.9 Å². The molecule has 1 aromatic rings. The molecule has 0 radical (unpaired) electrons. The van der Waals surface area contributed by atoms with E-state index in [1.807, 2.05) is 26.2 Å². The van der Waals surface area contributed by atoms with Crippen molar-refractivity contribution >= 4 is 5.91 Å². The minimum atomic E-state index is 0.101. The minimum absolute atomic E-state index is 0.101. The highest BCUT2D eigenvalue weighted by Crippen LogP contribution is 2.49. The minimum Gasteiger partial charge on any atom is -0.468 e. The molecule has 4 heteroatoms. The molecular weight excluding hydrogens is 264 g/mol. The molecule has 1 N–H and O–H groups in total. The lowest BCUT2D eigenvalue weighted by molar-refractivity contribution is -0.122. The maximum atomic E-state index is 12.2. The Morgan fingerprint density at radius 1 is 1.43 bits per heavy atom. The number of carbonyl (C=O) groups is 1. The van der Waals surface area contributed by atoms with Crippen LogP contribution in [0.1, 0.15) is 43.9 Å². The van der Waals surface area contributed by atoms with E-state index < -0.39 is 0 Å². The molecule has 0 aromatic carbocycles. The van der Waals surface area contributed by atoms with Gasteiger partial charge in [0.05, 0.1) is 12.3 Å². The lowest BCUT2D eigenvalue weighted by Gasteiger charge is -2.24. The zero-order chi connectivity index (χ0) is 14.8. The van der Waals surface area contributed by atoms with Gasteiger partial charge in [0.25, 0.3) is 0 Å². The number of nitrogens with one attached hydrogen (secondary N) is 1. The van der Waals surface area contributed by atoms with Gasteiger partial charge in [-0.2, -0.15) is 0 Å². The van der Waals surface area contributed by atoms with Crippen molar-refractivity contribution in [3.8, 4) is 0 Å². The van der Waals surface area contributed by atoms with E-state index in [4.69, 9.17) is 4.42 Å². The number of rotatable bonds is 6. The van der Waals surface area contributed by atoms with E-state index in [9.17, 15) is 4.79 Å². The van der Waals surface area contributed by atoms with Crippen LogP contribution in [0.4, 0.5) is 0 Å². The van der Waals surface area contributed by atoms with Gasteiger partial charge >= 0.3 is 0 Å². The first-order valence-electron chi connectivity index (χ1n) is 8.10. The standard InChI is InChI=1S/C17H26N2O2/c1-19(2)15(16-4-3-7-21-16)11-18-17(20)10-14-9-12-5-6-13(14)8-12/h3-4,7,12-15H,5-6,8-11H2,1-2H3,(H,18,20)/t12-,13-,14-,15+/m0/s1. The monoisotopic (exact) mass is 290 g/mol. The molecule has 4 atom stereocenters. The molecule has 1 heterocycles. The summed E-state index contributed by atoms with van der Waals surface area (Å²) in [7, 11) is 4.02. The number of hydrogen-bond donors (Lipinski definition) is 1. The first kappa shape index (κ1) is 14.6. The van der Waals surface area contributed by atoms with Gasteiger partial charge in [-0.15, -0.1) is 0 Å². The van der Waals surface area contributed by atoms with Crippen LogP contribution in [-0.4, -0.2) is 31.4 Å².